The molecule has 1 aliphatic rings. The number of aliphatic hydroxyl groups is 1. The van der Waals surface area contributed by atoms with Gasteiger partial charge in [0.25, 0.3) is 0 Å². The van der Waals surface area contributed by atoms with Crippen LogP contribution in [0.3, 0.4) is 0 Å². The fraction of sp³-hybridized carbons (Fsp3) is 0.583. The van der Waals surface area contributed by atoms with Crippen molar-refractivity contribution in [3.63, 3.8) is 0 Å². The molecule has 16 heavy (non-hydrogen) atoms. The fourth-order valence-corrected chi connectivity index (χ4v) is 3.12. The molecule has 1 fully saturated rings. The van der Waals surface area contributed by atoms with Crippen LogP contribution in [0.2, 0.25) is 0 Å². The molecule has 0 radical (unpaired) electrons. The second-order valence-corrected chi connectivity index (χ2v) is 5.52. The lowest BCUT2D eigenvalue weighted by atomic mass is 9.97. The summed E-state index contributed by atoms with van der Waals surface area (Å²) in [5.74, 6) is 2.15. The van der Waals surface area contributed by atoms with Gasteiger partial charge in [-0.15, -0.1) is 0 Å². The Bertz CT molecular complexity index is 312. The zero-order chi connectivity index (χ0) is 11.3. The number of aromatic nitrogens is 1. The van der Waals surface area contributed by atoms with Gasteiger partial charge in [0.05, 0.1) is 5.60 Å². The van der Waals surface area contributed by atoms with Crippen LogP contribution >= 0.6 is 11.8 Å². The van der Waals surface area contributed by atoms with E-state index in [2.05, 4.69) is 10.3 Å². The van der Waals surface area contributed by atoms with Gasteiger partial charge in [-0.2, -0.15) is 11.8 Å². The number of nitrogens with zero attached hydrogens (tertiary/aromatic N) is 1. The molecule has 0 aliphatic carbocycles. The van der Waals surface area contributed by atoms with Crippen molar-refractivity contribution in [2.24, 2.45) is 0 Å². The minimum Gasteiger partial charge on any atom is -0.389 e. The van der Waals surface area contributed by atoms with E-state index in [4.69, 9.17) is 0 Å². The second kappa shape index (κ2) is 5.66. The second-order valence-electron chi connectivity index (χ2n) is 4.30. The standard InChI is InChI=1S/C12H18N2OS/c15-12(3-7-16-8-4-12)10-14-9-11-1-5-13-6-2-11/h1-2,5-6,14-15H,3-4,7-10H2. The molecule has 88 valence electrons. The first-order valence-electron chi connectivity index (χ1n) is 5.68. The highest BCUT2D eigenvalue weighted by Gasteiger charge is 2.28. The summed E-state index contributed by atoms with van der Waals surface area (Å²) in [5.41, 5.74) is 0.724. The molecule has 3 nitrogen and oxygen atoms in total. The van der Waals surface area contributed by atoms with Crippen molar-refractivity contribution < 1.29 is 5.11 Å². The summed E-state index contributed by atoms with van der Waals surface area (Å²) in [4.78, 5) is 3.98. The van der Waals surface area contributed by atoms with Gasteiger partial charge in [-0.3, -0.25) is 4.98 Å². The third kappa shape index (κ3) is 3.47. The molecule has 1 saturated heterocycles. The molecule has 0 amide bonds. The Morgan fingerprint density at radius 3 is 2.69 bits per heavy atom. The van der Waals surface area contributed by atoms with E-state index in [1.54, 1.807) is 12.4 Å². The predicted octanol–water partition coefficient (Wildman–Crippen LogP) is 1.43. The SMILES string of the molecule is OC1(CNCc2ccncc2)CCSCC1. The Morgan fingerprint density at radius 1 is 1.31 bits per heavy atom. The van der Waals surface area contributed by atoms with Crippen LogP contribution in [0.15, 0.2) is 24.5 Å². The van der Waals surface area contributed by atoms with Gasteiger partial charge >= 0.3 is 0 Å². The number of pyridine rings is 1. The number of rotatable bonds is 4. The quantitative estimate of drug-likeness (QED) is 0.833. The van der Waals surface area contributed by atoms with Gasteiger partial charge in [0.2, 0.25) is 0 Å². The van der Waals surface area contributed by atoms with E-state index >= 15 is 0 Å². The van der Waals surface area contributed by atoms with Crippen molar-refractivity contribution in [3.05, 3.63) is 30.1 Å². The molecule has 1 aliphatic heterocycles. The highest BCUT2D eigenvalue weighted by Crippen LogP contribution is 2.26. The third-order valence-electron chi connectivity index (χ3n) is 2.96. The van der Waals surface area contributed by atoms with E-state index in [-0.39, 0.29) is 0 Å². The van der Waals surface area contributed by atoms with E-state index in [1.165, 1.54) is 5.56 Å². The predicted molar refractivity (Wildman–Crippen MR) is 67.5 cm³/mol. The van der Waals surface area contributed by atoms with Gasteiger partial charge in [-0.05, 0) is 42.0 Å². The smallest absolute Gasteiger partial charge is 0.0787 e. The Balaban J connectivity index is 1.75. The lowest BCUT2D eigenvalue weighted by Gasteiger charge is -2.32. The van der Waals surface area contributed by atoms with Crippen LogP contribution in [-0.4, -0.2) is 33.7 Å². The average molecular weight is 238 g/mol. The van der Waals surface area contributed by atoms with Crippen LogP contribution in [0, 0.1) is 0 Å². The summed E-state index contributed by atoms with van der Waals surface area (Å²) in [5, 5.41) is 13.6. The zero-order valence-corrected chi connectivity index (χ0v) is 10.2. The summed E-state index contributed by atoms with van der Waals surface area (Å²) in [6.45, 7) is 1.49. The maximum atomic E-state index is 10.3. The molecule has 0 saturated carbocycles. The van der Waals surface area contributed by atoms with E-state index in [0.29, 0.717) is 6.54 Å². The van der Waals surface area contributed by atoms with Crippen LogP contribution in [-0.2, 0) is 6.54 Å². The Kier molecular flexibility index (Phi) is 4.21. The van der Waals surface area contributed by atoms with E-state index < -0.39 is 5.60 Å². The molecule has 1 aromatic heterocycles. The topological polar surface area (TPSA) is 45.1 Å². The fourth-order valence-electron chi connectivity index (χ4n) is 1.87. The molecule has 0 spiro atoms. The van der Waals surface area contributed by atoms with Gasteiger partial charge < -0.3 is 10.4 Å². The third-order valence-corrected chi connectivity index (χ3v) is 3.94. The normalized spacial score (nSPS) is 19.6. The van der Waals surface area contributed by atoms with Crippen LogP contribution in [0.5, 0.6) is 0 Å². The van der Waals surface area contributed by atoms with Crippen molar-refractivity contribution in [2.75, 3.05) is 18.1 Å². The first kappa shape index (κ1) is 11.9. The monoisotopic (exact) mass is 238 g/mol. The highest BCUT2D eigenvalue weighted by atomic mass is 32.2. The lowest BCUT2D eigenvalue weighted by Crippen LogP contribution is -2.43. The zero-order valence-electron chi connectivity index (χ0n) is 9.35. The van der Waals surface area contributed by atoms with Gasteiger partial charge in [0.15, 0.2) is 0 Å². The van der Waals surface area contributed by atoms with E-state index in [1.807, 2.05) is 23.9 Å². The lowest BCUT2D eigenvalue weighted by molar-refractivity contribution is 0.0320. The van der Waals surface area contributed by atoms with E-state index in [0.717, 1.165) is 30.9 Å². The number of thioether (sulfide) groups is 1. The summed E-state index contributed by atoms with van der Waals surface area (Å²) in [6, 6.07) is 3.99. The Hall–Kier alpha value is -0.580. The summed E-state index contributed by atoms with van der Waals surface area (Å²) in [7, 11) is 0. The maximum Gasteiger partial charge on any atom is 0.0787 e. The molecule has 1 aromatic rings. The molecular weight excluding hydrogens is 220 g/mol. The average Bonchev–Trinajstić information content (AvgIpc) is 2.31. The minimum atomic E-state index is -0.488. The van der Waals surface area contributed by atoms with Crippen molar-refractivity contribution in [1.29, 1.82) is 0 Å². The van der Waals surface area contributed by atoms with Crippen LogP contribution in [0.4, 0.5) is 0 Å². The number of hydrogen-bond donors (Lipinski definition) is 2. The van der Waals surface area contributed by atoms with Gasteiger partial charge in [0.1, 0.15) is 0 Å². The van der Waals surface area contributed by atoms with Gasteiger partial charge in [0, 0.05) is 25.5 Å². The van der Waals surface area contributed by atoms with Crippen molar-refractivity contribution in [1.82, 2.24) is 10.3 Å². The Labute approximate surface area is 101 Å². The maximum absolute atomic E-state index is 10.3. The van der Waals surface area contributed by atoms with Gasteiger partial charge in [-0.25, -0.2) is 0 Å². The molecule has 4 heteroatoms. The number of nitrogens with one attached hydrogen (secondary N) is 1. The summed E-state index contributed by atoms with van der Waals surface area (Å²) in [6.07, 6.45) is 5.40. The molecule has 0 aromatic carbocycles. The summed E-state index contributed by atoms with van der Waals surface area (Å²) < 4.78 is 0. The minimum absolute atomic E-state index is 0.488. The molecule has 0 atom stereocenters. The molecular formula is C12H18N2OS. The molecule has 2 heterocycles. The van der Waals surface area contributed by atoms with Crippen molar-refractivity contribution in [2.45, 2.75) is 25.0 Å². The Morgan fingerprint density at radius 2 is 2.00 bits per heavy atom. The van der Waals surface area contributed by atoms with Gasteiger partial charge in [-0.1, -0.05) is 0 Å². The summed E-state index contributed by atoms with van der Waals surface area (Å²) >= 11 is 1.93. The molecule has 2 rings (SSSR count). The highest BCUT2D eigenvalue weighted by molar-refractivity contribution is 7.99. The van der Waals surface area contributed by atoms with Crippen molar-refractivity contribution >= 4 is 11.8 Å². The van der Waals surface area contributed by atoms with Crippen LogP contribution < -0.4 is 5.32 Å². The first-order valence-corrected chi connectivity index (χ1v) is 6.84. The largest absolute Gasteiger partial charge is 0.389 e. The molecule has 0 bridgehead atoms. The van der Waals surface area contributed by atoms with E-state index in [9.17, 15) is 5.11 Å². The molecule has 2 N–H and O–H groups in total. The number of hydrogen-bond acceptors (Lipinski definition) is 4. The van der Waals surface area contributed by atoms with Crippen LogP contribution in [0.25, 0.3) is 0 Å². The van der Waals surface area contributed by atoms with Crippen LogP contribution in [0.1, 0.15) is 18.4 Å². The van der Waals surface area contributed by atoms with Crippen molar-refractivity contribution in [3.8, 4) is 0 Å². The first-order chi connectivity index (χ1) is 7.79. The molecule has 0 unspecified atom stereocenters.